The van der Waals surface area contributed by atoms with E-state index in [0.29, 0.717) is 5.69 Å². The number of nitrogen functional groups attached to an aromatic ring is 1. The number of benzene rings is 1. The van der Waals surface area contributed by atoms with Crippen LogP contribution in [0.15, 0.2) is 35.4 Å². The van der Waals surface area contributed by atoms with E-state index in [1.807, 2.05) is 0 Å². The summed E-state index contributed by atoms with van der Waals surface area (Å²) in [6.07, 6.45) is 1.33. The smallest absolute Gasteiger partial charge is 0.269 e. The van der Waals surface area contributed by atoms with Crippen molar-refractivity contribution in [1.82, 2.24) is 4.98 Å². The second-order valence-electron chi connectivity index (χ2n) is 4.19. The van der Waals surface area contributed by atoms with E-state index in [-0.39, 0.29) is 17.3 Å². The Morgan fingerprint density at radius 1 is 1.23 bits per heavy atom. The highest BCUT2D eigenvalue weighted by Crippen LogP contribution is 2.36. The fourth-order valence-corrected chi connectivity index (χ4v) is 3.06. The van der Waals surface area contributed by atoms with E-state index >= 15 is 0 Å². The number of nitrogens with two attached hydrogens (primary N) is 1. The van der Waals surface area contributed by atoms with Crippen LogP contribution in [-0.2, 0) is 10.0 Å². The number of hydrogen-bond acceptors (Lipinski definition) is 6. The lowest BCUT2D eigenvalue weighted by Crippen LogP contribution is -2.17. The van der Waals surface area contributed by atoms with E-state index in [0.717, 1.165) is 6.07 Å². The van der Waals surface area contributed by atoms with Crippen molar-refractivity contribution in [2.75, 3.05) is 24.7 Å². The van der Waals surface area contributed by atoms with Crippen molar-refractivity contribution in [2.24, 2.45) is 0 Å². The van der Waals surface area contributed by atoms with Gasteiger partial charge < -0.3 is 15.2 Å². The first-order valence-corrected chi connectivity index (χ1v) is 7.52. The molecule has 0 amide bonds. The standard InChI is InChI=1S/C13H14FN3O4S/c1-20-10-4-3-9(14)13(12(10)21-2)22(18,19)17-11-7-8(15)5-6-16-11/h3-7H,1-2H3,(H3,15,16,17). The maximum absolute atomic E-state index is 14.0. The number of ether oxygens (including phenoxy) is 2. The topological polar surface area (TPSA) is 104 Å². The number of pyridine rings is 1. The summed E-state index contributed by atoms with van der Waals surface area (Å²) in [6, 6.07) is 5.04. The lowest BCUT2D eigenvalue weighted by molar-refractivity contribution is 0.341. The van der Waals surface area contributed by atoms with Crippen LogP contribution in [0.1, 0.15) is 0 Å². The fraction of sp³-hybridized carbons (Fsp3) is 0.154. The van der Waals surface area contributed by atoms with Crippen LogP contribution in [0.5, 0.6) is 11.5 Å². The monoisotopic (exact) mass is 327 g/mol. The van der Waals surface area contributed by atoms with Crippen LogP contribution in [0, 0.1) is 5.82 Å². The lowest BCUT2D eigenvalue weighted by Gasteiger charge is -2.14. The van der Waals surface area contributed by atoms with Crippen molar-refractivity contribution in [3.8, 4) is 11.5 Å². The molecule has 0 aliphatic rings. The number of aromatic nitrogens is 1. The van der Waals surface area contributed by atoms with Crippen molar-refractivity contribution >= 4 is 21.5 Å². The molecule has 1 aromatic carbocycles. The van der Waals surface area contributed by atoms with E-state index in [1.165, 1.54) is 38.6 Å². The molecule has 0 bridgehead atoms. The number of methoxy groups -OCH3 is 2. The number of nitrogens with zero attached hydrogens (tertiary/aromatic N) is 1. The molecule has 0 radical (unpaired) electrons. The SMILES string of the molecule is COc1ccc(F)c(S(=O)(=O)Nc2cc(N)ccn2)c1OC. The highest BCUT2D eigenvalue weighted by molar-refractivity contribution is 7.92. The normalized spacial score (nSPS) is 11.0. The zero-order chi connectivity index (χ0) is 16.3. The number of nitrogens with one attached hydrogen (secondary N) is 1. The molecule has 0 aliphatic carbocycles. The second-order valence-corrected chi connectivity index (χ2v) is 5.81. The maximum Gasteiger partial charge on any atom is 0.269 e. The lowest BCUT2D eigenvalue weighted by atomic mass is 10.3. The number of rotatable bonds is 5. The molecule has 0 aliphatic heterocycles. The first-order valence-electron chi connectivity index (χ1n) is 6.04. The van der Waals surface area contributed by atoms with Gasteiger partial charge in [-0.15, -0.1) is 0 Å². The summed E-state index contributed by atoms with van der Waals surface area (Å²) in [7, 11) is -1.75. The minimum absolute atomic E-state index is 0.0377. The minimum atomic E-state index is -4.28. The Morgan fingerprint density at radius 3 is 2.55 bits per heavy atom. The van der Waals surface area contributed by atoms with Crippen molar-refractivity contribution in [3.63, 3.8) is 0 Å². The van der Waals surface area contributed by atoms with E-state index in [2.05, 4.69) is 9.71 Å². The fourth-order valence-electron chi connectivity index (χ4n) is 1.82. The summed E-state index contributed by atoms with van der Waals surface area (Å²) in [5.41, 5.74) is 5.87. The molecule has 22 heavy (non-hydrogen) atoms. The molecule has 0 saturated heterocycles. The largest absolute Gasteiger partial charge is 0.493 e. The molecular formula is C13H14FN3O4S. The molecule has 0 saturated carbocycles. The average Bonchev–Trinajstić information content (AvgIpc) is 2.45. The highest BCUT2D eigenvalue weighted by atomic mass is 32.2. The Hall–Kier alpha value is -2.55. The maximum atomic E-state index is 14.0. The zero-order valence-corrected chi connectivity index (χ0v) is 12.6. The third-order valence-corrected chi connectivity index (χ3v) is 4.14. The van der Waals surface area contributed by atoms with Gasteiger partial charge in [0.15, 0.2) is 16.4 Å². The Kier molecular flexibility index (Phi) is 4.36. The quantitative estimate of drug-likeness (QED) is 0.865. The van der Waals surface area contributed by atoms with Gasteiger partial charge in [-0.05, 0) is 18.2 Å². The van der Waals surface area contributed by atoms with Crippen LogP contribution in [0.3, 0.4) is 0 Å². The summed E-state index contributed by atoms with van der Waals surface area (Å²) in [5, 5.41) is 0. The van der Waals surface area contributed by atoms with Crippen LogP contribution in [0.25, 0.3) is 0 Å². The van der Waals surface area contributed by atoms with Gasteiger partial charge in [-0.25, -0.2) is 17.8 Å². The van der Waals surface area contributed by atoms with Gasteiger partial charge in [0, 0.05) is 18.0 Å². The van der Waals surface area contributed by atoms with Crippen molar-refractivity contribution < 1.29 is 22.3 Å². The number of halogens is 1. The molecular weight excluding hydrogens is 313 g/mol. The second kappa shape index (κ2) is 6.06. The summed E-state index contributed by atoms with van der Waals surface area (Å²) in [4.78, 5) is 3.15. The van der Waals surface area contributed by atoms with Crippen LogP contribution in [-0.4, -0.2) is 27.6 Å². The van der Waals surface area contributed by atoms with Crippen LogP contribution in [0.2, 0.25) is 0 Å². The molecule has 3 N–H and O–H groups in total. The predicted octanol–water partition coefficient (Wildman–Crippen LogP) is 1.62. The molecule has 7 nitrogen and oxygen atoms in total. The number of anilines is 2. The van der Waals surface area contributed by atoms with Gasteiger partial charge in [-0.2, -0.15) is 0 Å². The van der Waals surface area contributed by atoms with E-state index in [1.54, 1.807) is 0 Å². The molecule has 9 heteroatoms. The summed E-state index contributed by atoms with van der Waals surface area (Å²) < 4.78 is 51.0. The minimum Gasteiger partial charge on any atom is -0.493 e. The predicted molar refractivity (Wildman–Crippen MR) is 79.0 cm³/mol. The third kappa shape index (κ3) is 3.03. The van der Waals surface area contributed by atoms with Crippen LogP contribution in [0.4, 0.5) is 15.9 Å². The first-order chi connectivity index (χ1) is 10.4. The van der Waals surface area contributed by atoms with E-state index in [4.69, 9.17) is 15.2 Å². The summed E-state index contributed by atoms with van der Waals surface area (Å²) in [6.45, 7) is 0. The molecule has 2 rings (SSSR count). The average molecular weight is 327 g/mol. The highest BCUT2D eigenvalue weighted by Gasteiger charge is 2.27. The van der Waals surface area contributed by atoms with Crippen LogP contribution >= 0.6 is 0 Å². The third-order valence-electron chi connectivity index (χ3n) is 2.74. The Morgan fingerprint density at radius 2 is 1.95 bits per heavy atom. The van der Waals surface area contributed by atoms with Gasteiger partial charge in [0.05, 0.1) is 14.2 Å². The molecule has 1 heterocycles. The van der Waals surface area contributed by atoms with Gasteiger partial charge in [-0.1, -0.05) is 0 Å². The molecule has 0 unspecified atom stereocenters. The van der Waals surface area contributed by atoms with Gasteiger partial charge in [0.2, 0.25) is 0 Å². The summed E-state index contributed by atoms with van der Waals surface area (Å²) in [5.74, 6) is -1.16. The summed E-state index contributed by atoms with van der Waals surface area (Å²) >= 11 is 0. The zero-order valence-electron chi connectivity index (χ0n) is 11.8. The van der Waals surface area contributed by atoms with Crippen molar-refractivity contribution in [1.29, 1.82) is 0 Å². The van der Waals surface area contributed by atoms with E-state index < -0.39 is 20.7 Å². The van der Waals surface area contributed by atoms with Gasteiger partial charge in [-0.3, -0.25) is 4.72 Å². The molecule has 118 valence electrons. The molecule has 0 atom stereocenters. The Balaban J connectivity index is 2.54. The molecule has 0 spiro atoms. The van der Waals surface area contributed by atoms with Gasteiger partial charge in [0.25, 0.3) is 10.0 Å². The molecule has 0 fully saturated rings. The van der Waals surface area contributed by atoms with E-state index in [9.17, 15) is 12.8 Å². The number of hydrogen-bond donors (Lipinski definition) is 2. The van der Waals surface area contributed by atoms with Crippen LogP contribution < -0.4 is 19.9 Å². The molecule has 1 aromatic heterocycles. The Labute approximate surface area is 126 Å². The first kappa shape index (κ1) is 15.8. The van der Waals surface area contributed by atoms with Gasteiger partial charge in [0.1, 0.15) is 11.6 Å². The molecule has 2 aromatic rings. The van der Waals surface area contributed by atoms with Crippen molar-refractivity contribution in [2.45, 2.75) is 4.90 Å². The number of sulfonamides is 1. The van der Waals surface area contributed by atoms with Gasteiger partial charge >= 0.3 is 0 Å². The Bertz CT molecular complexity index is 796. The van der Waals surface area contributed by atoms with Crippen molar-refractivity contribution in [3.05, 3.63) is 36.3 Å².